The number of rotatable bonds is 2. The van der Waals surface area contributed by atoms with E-state index in [1.807, 2.05) is 0 Å². The van der Waals surface area contributed by atoms with Gasteiger partial charge in [0.15, 0.2) is 5.82 Å². The van der Waals surface area contributed by atoms with E-state index in [0.717, 1.165) is 4.31 Å². The fourth-order valence-electron chi connectivity index (χ4n) is 2.07. The molecule has 2 aromatic rings. The third-order valence-electron chi connectivity index (χ3n) is 3.18. The number of carbonyl (C=O) groups is 1. The van der Waals surface area contributed by atoms with Crippen molar-refractivity contribution in [1.29, 1.82) is 0 Å². The average molecular weight is 327 g/mol. The summed E-state index contributed by atoms with van der Waals surface area (Å²) in [5.41, 5.74) is 0.754. The number of benzene rings is 1. The zero-order valence-electron chi connectivity index (χ0n) is 10.9. The van der Waals surface area contributed by atoms with Crippen LogP contribution in [0.4, 0.5) is 5.82 Å². The lowest BCUT2D eigenvalue weighted by molar-refractivity contribution is 0.0853. The maximum absolute atomic E-state index is 12.4. The molecule has 0 saturated carbocycles. The van der Waals surface area contributed by atoms with Gasteiger partial charge >= 0.3 is 10.2 Å². The van der Waals surface area contributed by atoms with Crippen LogP contribution in [-0.2, 0) is 23.8 Å². The van der Waals surface area contributed by atoms with Gasteiger partial charge < -0.3 is 0 Å². The standard InChI is InChI=1S/C12H11ClN4O3S/c1-16-11-9(6-14-16)12(18)17(21(19,20)15-11)7-8-4-2-3-5-10(8)13/h2-6,15H,7H2,1H3. The summed E-state index contributed by atoms with van der Waals surface area (Å²) in [5, 5.41) is 4.29. The molecule has 0 saturated heterocycles. The summed E-state index contributed by atoms with van der Waals surface area (Å²) < 4.78 is 28.9. The van der Waals surface area contributed by atoms with Crippen LogP contribution >= 0.6 is 11.6 Å². The summed E-state index contributed by atoms with van der Waals surface area (Å²) in [5.74, 6) is -0.466. The molecule has 1 aromatic heterocycles. The first kappa shape index (κ1) is 13.9. The number of aryl methyl sites for hydroxylation is 1. The number of carbonyl (C=O) groups excluding carboxylic acids is 1. The van der Waals surface area contributed by atoms with Crippen LogP contribution in [0.5, 0.6) is 0 Å². The van der Waals surface area contributed by atoms with Crippen LogP contribution in [-0.4, -0.2) is 28.4 Å². The van der Waals surface area contributed by atoms with E-state index in [1.165, 1.54) is 10.9 Å². The molecule has 1 aromatic carbocycles. The van der Waals surface area contributed by atoms with Gasteiger partial charge in [0.05, 0.1) is 12.7 Å². The molecule has 1 aliphatic rings. The molecule has 110 valence electrons. The van der Waals surface area contributed by atoms with Gasteiger partial charge in [0, 0.05) is 12.1 Å². The number of anilines is 1. The lowest BCUT2D eigenvalue weighted by Gasteiger charge is -2.27. The molecule has 0 aliphatic carbocycles. The third kappa shape index (κ3) is 2.26. The van der Waals surface area contributed by atoms with Crippen molar-refractivity contribution in [2.24, 2.45) is 7.05 Å². The van der Waals surface area contributed by atoms with E-state index >= 15 is 0 Å². The van der Waals surface area contributed by atoms with E-state index in [2.05, 4.69) is 9.82 Å². The second-order valence-corrected chi connectivity index (χ2v) is 6.54. The predicted molar refractivity (Wildman–Crippen MR) is 77.1 cm³/mol. The predicted octanol–water partition coefficient (Wildman–Crippen LogP) is 1.39. The van der Waals surface area contributed by atoms with E-state index in [4.69, 9.17) is 11.6 Å². The van der Waals surface area contributed by atoms with Crippen molar-refractivity contribution in [3.8, 4) is 0 Å². The van der Waals surface area contributed by atoms with Gasteiger partial charge in [-0.05, 0) is 11.6 Å². The topological polar surface area (TPSA) is 84.3 Å². The molecule has 0 radical (unpaired) electrons. The molecule has 1 aliphatic heterocycles. The molecule has 0 bridgehead atoms. The first-order chi connectivity index (χ1) is 9.90. The van der Waals surface area contributed by atoms with Crippen molar-refractivity contribution in [2.75, 3.05) is 4.72 Å². The maximum Gasteiger partial charge on any atom is 0.327 e. The van der Waals surface area contributed by atoms with Crippen LogP contribution in [0.3, 0.4) is 0 Å². The first-order valence-electron chi connectivity index (χ1n) is 6.00. The number of fused-ring (bicyclic) bond motifs is 1. The van der Waals surface area contributed by atoms with Gasteiger partial charge in [0.25, 0.3) is 5.91 Å². The van der Waals surface area contributed by atoms with Crippen LogP contribution in [0.2, 0.25) is 5.02 Å². The average Bonchev–Trinajstić information content (AvgIpc) is 2.77. The van der Waals surface area contributed by atoms with Crippen molar-refractivity contribution >= 4 is 33.5 Å². The molecule has 21 heavy (non-hydrogen) atoms. The van der Waals surface area contributed by atoms with Gasteiger partial charge in [-0.15, -0.1) is 0 Å². The van der Waals surface area contributed by atoms with Crippen molar-refractivity contribution in [2.45, 2.75) is 6.54 Å². The molecular weight excluding hydrogens is 316 g/mol. The van der Waals surface area contributed by atoms with E-state index in [0.29, 0.717) is 10.6 Å². The van der Waals surface area contributed by atoms with Gasteiger partial charge in [0.2, 0.25) is 0 Å². The highest BCUT2D eigenvalue weighted by Crippen LogP contribution is 2.28. The van der Waals surface area contributed by atoms with Crippen molar-refractivity contribution in [1.82, 2.24) is 14.1 Å². The van der Waals surface area contributed by atoms with Crippen LogP contribution in [0.25, 0.3) is 0 Å². The fraction of sp³-hybridized carbons (Fsp3) is 0.167. The molecule has 0 atom stereocenters. The SMILES string of the molecule is Cn1ncc2c1NS(=O)(=O)N(Cc1ccccc1Cl)C2=O. The molecule has 1 amide bonds. The summed E-state index contributed by atoms with van der Waals surface area (Å²) in [6.07, 6.45) is 1.33. The smallest absolute Gasteiger partial charge is 0.268 e. The second-order valence-electron chi connectivity index (χ2n) is 4.54. The van der Waals surface area contributed by atoms with E-state index in [-0.39, 0.29) is 17.9 Å². The molecule has 0 unspecified atom stereocenters. The first-order valence-corrected chi connectivity index (χ1v) is 7.82. The van der Waals surface area contributed by atoms with Crippen molar-refractivity contribution in [3.05, 3.63) is 46.6 Å². The lowest BCUT2D eigenvalue weighted by atomic mass is 10.2. The van der Waals surface area contributed by atoms with E-state index < -0.39 is 16.1 Å². The number of hydrogen-bond acceptors (Lipinski definition) is 4. The van der Waals surface area contributed by atoms with Gasteiger partial charge in [-0.1, -0.05) is 29.8 Å². The minimum Gasteiger partial charge on any atom is -0.268 e. The molecule has 7 nitrogen and oxygen atoms in total. The number of aromatic nitrogens is 2. The summed E-state index contributed by atoms with van der Waals surface area (Å²) >= 11 is 6.02. The molecule has 9 heteroatoms. The molecule has 1 N–H and O–H groups in total. The lowest BCUT2D eigenvalue weighted by Crippen LogP contribution is -2.44. The summed E-state index contributed by atoms with van der Waals surface area (Å²) in [6.45, 7) is -0.137. The zero-order chi connectivity index (χ0) is 15.2. The minimum atomic E-state index is -3.98. The number of nitrogens with one attached hydrogen (secondary N) is 1. The Bertz CT molecular complexity index is 831. The summed E-state index contributed by atoms with van der Waals surface area (Å²) in [6, 6.07) is 6.77. The summed E-state index contributed by atoms with van der Waals surface area (Å²) in [4.78, 5) is 12.4. The molecule has 2 heterocycles. The Kier molecular flexibility index (Phi) is 3.14. The van der Waals surface area contributed by atoms with E-state index in [1.54, 1.807) is 31.3 Å². The highest BCUT2D eigenvalue weighted by Gasteiger charge is 2.38. The Hall–Kier alpha value is -2.06. The van der Waals surface area contributed by atoms with Gasteiger partial charge in [-0.25, -0.2) is 9.03 Å². The number of hydrogen-bond donors (Lipinski definition) is 1. The highest BCUT2D eigenvalue weighted by molar-refractivity contribution is 7.91. The minimum absolute atomic E-state index is 0.137. The molecule has 3 rings (SSSR count). The third-order valence-corrected chi connectivity index (χ3v) is 4.88. The van der Waals surface area contributed by atoms with Crippen LogP contribution < -0.4 is 4.72 Å². The van der Waals surface area contributed by atoms with Gasteiger partial charge in [-0.3, -0.25) is 9.48 Å². The second kappa shape index (κ2) is 4.74. The Morgan fingerprint density at radius 1 is 1.33 bits per heavy atom. The Morgan fingerprint density at radius 2 is 2.05 bits per heavy atom. The van der Waals surface area contributed by atoms with E-state index in [9.17, 15) is 13.2 Å². The van der Waals surface area contributed by atoms with Crippen LogP contribution in [0.15, 0.2) is 30.5 Å². The normalized spacial score (nSPS) is 16.5. The molecular formula is C12H11ClN4O3S. The Labute approximate surface area is 126 Å². The van der Waals surface area contributed by atoms with Crippen LogP contribution in [0.1, 0.15) is 15.9 Å². The van der Waals surface area contributed by atoms with Crippen molar-refractivity contribution < 1.29 is 13.2 Å². The number of amides is 1. The Morgan fingerprint density at radius 3 is 2.76 bits per heavy atom. The monoisotopic (exact) mass is 326 g/mol. The molecule has 0 fully saturated rings. The quantitative estimate of drug-likeness (QED) is 0.903. The Balaban J connectivity index is 2.03. The van der Waals surface area contributed by atoms with Crippen molar-refractivity contribution in [3.63, 3.8) is 0 Å². The maximum atomic E-state index is 12.4. The summed E-state index contributed by atoms with van der Waals surface area (Å²) in [7, 11) is -2.43. The number of nitrogens with zero attached hydrogens (tertiary/aromatic N) is 3. The van der Waals surface area contributed by atoms with Gasteiger partial charge in [-0.2, -0.15) is 13.5 Å². The molecule has 0 spiro atoms. The number of halogens is 1. The fourth-order valence-corrected chi connectivity index (χ4v) is 3.49. The van der Waals surface area contributed by atoms with Crippen LogP contribution in [0, 0.1) is 0 Å². The largest absolute Gasteiger partial charge is 0.327 e. The van der Waals surface area contributed by atoms with Gasteiger partial charge in [0.1, 0.15) is 5.56 Å². The zero-order valence-corrected chi connectivity index (χ0v) is 12.5. The highest BCUT2D eigenvalue weighted by atomic mass is 35.5.